The molecule has 1 aromatic carbocycles. The van der Waals surface area contributed by atoms with Gasteiger partial charge in [0.15, 0.2) is 9.84 Å². The first-order chi connectivity index (χ1) is 14.2. The van der Waals surface area contributed by atoms with Crippen LogP contribution >= 0.6 is 0 Å². The van der Waals surface area contributed by atoms with Gasteiger partial charge in [0.1, 0.15) is 0 Å². The van der Waals surface area contributed by atoms with Crippen molar-refractivity contribution < 1.29 is 21.6 Å². The highest BCUT2D eigenvalue weighted by molar-refractivity contribution is 7.91. The molecule has 10 heteroatoms. The molecule has 4 rings (SSSR count). The minimum atomic E-state index is -3.39. The molecule has 1 aromatic rings. The Morgan fingerprint density at radius 3 is 2.23 bits per heavy atom. The van der Waals surface area contributed by atoms with Crippen molar-refractivity contribution >= 4 is 25.8 Å². The van der Waals surface area contributed by atoms with Crippen LogP contribution in [0.2, 0.25) is 0 Å². The van der Waals surface area contributed by atoms with Crippen LogP contribution in [0.25, 0.3) is 0 Å². The molecule has 166 valence electrons. The highest BCUT2D eigenvalue weighted by atomic mass is 32.2. The van der Waals surface area contributed by atoms with Gasteiger partial charge in [-0.25, -0.2) is 16.8 Å². The Bertz CT molecular complexity index is 969. The molecule has 2 aliphatic heterocycles. The van der Waals surface area contributed by atoms with Crippen LogP contribution in [0.15, 0.2) is 30.3 Å². The molecule has 1 saturated carbocycles. The zero-order valence-electron chi connectivity index (χ0n) is 17.0. The Hall–Kier alpha value is -1.49. The number of rotatable bonds is 7. The second kappa shape index (κ2) is 8.57. The average molecular weight is 456 g/mol. The number of amides is 1. The standard InChI is InChI=1S/C20H29N3O5S2/c24-20(23(18-6-7-18)19-8-13-29(25,26)16-19)14-21-9-11-22(12-10-21)30(27,28)15-17-4-2-1-3-5-17/h1-5,18-19H,6-16H2. The smallest absolute Gasteiger partial charge is 0.237 e. The lowest BCUT2D eigenvalue weighted by Crippen LogP contribution is -2.53. The minimum absolute atomic E-state index is 0.0155. The van der Waals surface area contributed by atoms with Crippen molar-refractivity contribution in [2.45, 2.75) is 37.1 Å². The highest BCUT2D eigenvalue weighted by Gasteiger charge is 2.42. The van der Waals surface area contributed by atoms with E-state index in [0.29, 0.717) is 32.6 Å². The number of carbonyl (C=O) groups excluding carboxylic acids is 1. The number of hydrogen-bond donors (Lipinski definition) is 0. The molecule has 0 aromatic heterocycles. The molecular weight excluding hydrogens is 426 g/mol. The summed E-state index contributed by atoms with van der Waals surface area (Å²) >= 11 is 0. The summed E-state index contributed by atoms with van der Waals surface area (Å²) in [6, 6.07) is 9.10. The molecular formula is C20H29N3O5S2. The fraction of sp³-hybridized carbons (Fsp3) is 0.650. The molecule has 1 unspecified atom stereocenters. The third-order valence-electron chi connectivity index (χ3n) is 6.11. The summed E-state index contributed by atoms with van der Waals surface area (Å²) in [5.41, 5.74) is 0.765. The first-order valence-electron chi connectivity index (χ1n) is 10.5. The van der Waals surface area contributed by atoms with Crippen molar-refractivity contribution in [1.82, 2.24) is 14.1 Å². The van der Waals surface area contributed by atoms with Gasteiger partial charge in [-0.15, -0.1) is 0 Å². The second-order valence-corrected chi connectivity index (χ2v) is 12.7. The van der Waals surface area contributed by atoms with Crippen LogP contribution in [0.5, 0.6) is 0 Å². The van der Waals surface area contributed by atoms with Gasteiger partial charge in [0.25, 0.3) is 0 Å². The van der Waals surface area contributed by atoms with Gasteiger partial charge in [0.05, 0.1) is 23.8 Å². The van der Waals surface area contributed by atoms with Gasteiger partial charge in [0, 0.05) is 38.3 Å². The zero-order chi connectivity index (χ0) is 21.4. The summed E-state index contributed by atoms with van der Waals surface area (Å²) in [5.74, 6) is 0.186. The fourth-order valence-corrected chi connectivity index (χ4v) is 7.60. The third-order valence-corrected chi connectivity index (χ3v) is 9.71. The van der Waals surface area contributed by atoms with Crippen LogP contribution in [0, 0.1) is 0 Å². The van der Waals surface area contributed by atoms with Gasteiger partial charge in [-0.05, 0) is 24.8 Å². The van der Waals surface area contributed by atoms with E-state index >= 15 is 0 Å². The van der Waals surface area contributed by atoms with Crippen LogP contribution < -0.4 is 0 Å². The molecule has 0 spiro atoms. The molecule has 2 saturated heterocycles. The van der Waals surface area contributed by atoms with Crippen LogP contribution in [-0.4, -0.2) is 93.2 Å². The number of sulfone groups is 1. The normalized spacial score (nSPS) is 25.3. The van der Waals surface area contributed by atoms with Crippen LogP contribution in [0.3, 0.4) is 0 Å². The molecule has 1 amide bonds. The Kier molecular flexibility index (Phi) is 6.20. The summed E-state index contributed by atoms with van der Waals surface area (Å²) < 4.78 is 50.6. The number of benzene rings is 1. The molecule has 1 aliphatic carbocycles. The van der Waals surface area contributed by atoms with Gasteiger partial charge in [0.2, 0.25) is 15.9 Å². The van der Waals surface area contributed by atoms with Crippen LogP contribution in [0.4, 0.5) is 0 Å². The van der Waals surface area contributed by atoms with E-state index in [1.807, 2.05) is 40.1 Å². The SMILES string of the molecule is O=C(CN1CCN(S(=O)(=O)Cc2ccccc2)CC1)N(C1CC1)C1CCS(=O)(=O)C1. The molecule has 0 radical (unpaired) electrons. The van der Waals surface area contributed by atoms with E-state index in [9.17, 15) is 21.6 Å². The molecule has 0 bridgehead atoms. The van der Waals surface area contributed by atoms with Crippen LogP contribution in [0.1, 0.15) is 24.8 Å². The molecule has 1 atom stereocenters. The summed E-state index contributed by atoms with van der Waals surface area (Å²) in [5, 5.41) is 0. The number of carbonyl (C=O) groups is 1. The number of hydrogen-bond acceptors (Lipinski definition) is 6. The zero-order valence-corrected chi connectivity index (χ0v) is 18.7. The lowest BCUT2D eigenvalue weighted by Gasteiger charge is -2.36. The van der Waals surface area contributed by atoms with E-state index in [-0.39, 0.29) is 41.8 Å². The van der Waals surface area contributed by atoms with E-state index in [1.54, 1.807) is 0 Å². The molecule has 8 nitrogen and oxygen atoms in total. The fourth-order valence-electron chi connectivity index (χ4n) is 4.37. The minimum Gasteiger partial charge on any atom is -0.335 e. The van der Waals surface area contributed by atoms with Crippen LogP contribution in [-0.2, 0) is 30.4 Å². The summed E-state index contributed by atoms with van der Waals surface area (Å²) in [6.07, 6.45) is 2.40. The van der Waals surface area contributed by atoms with Crippen molar-refractivity contribution in [1.29, 1.82) is 0 Å². The topological polar surface area (TPSA) is 95.1 Å². The molecule has 0 N–H and O–H groups in total. The van der Waals surface area contributed by atoms with E-state index in [0.717, 1.165) is 18.4 Å². The Balaban J connectivity index is 1.31. The summed E-state index contributed by atoms with van der Waals surface area (Å²) in [4.78, 5) is 16.8. The largest absolute Gasteiger partial charge is 0.335 e. The third kappa shape index (κ3) is 5.22. The van der Waals surface area contributed by atoms with Crippen molar-refractivity contribution in [3.63, 3.8) is 0 Å². The van der Waals surface area contributed by atoms with Gasteiger partial charge in [-0.3, -0.25) is 9.69 Å². The van der Waals surface area contributed by atoms with Crippen molar-refractivity contribution in [3.05, 3.63) is 35.9 Å². The predicted octanol–water partition coefficient (Wildman–Crippen LogP) is 0.312. The first kappa shape index (κ1) is 21.7. The van der Waals surface area contributed by atoms with E-state index < -0.39 is 19.9 Å². The predicted molar refractivity (Wildman–Crippen MR) is 114 cm³/mol. The lowest BCUT2D eigenvalue weighted by molar-refractivity contribution is -0.135. The Labute approximate surface area is 178 Å². The average Bonchev–Trinajstić information content (AvgIpc) is 3.45. The molecule has 3 fully saturated rings. The van der Waals surface area contributed by atoms with E-state index in [2.05, 4.69) is 0 Å². The van der Waals surface area contributed by atoms with E-state index in [4.69, 9.17) is 0 Å². The maximum absolute atomic E-state index is 13.0. The molecule has 2 heterocycles. The first-order valence-corrected chi connectivity index (χ1v) is 13.9. The Morgan fingerprint density at radius 2 is 1.67 bits per heavy atom. The maximum atomic E-state index is 13.0. The second-order valence-electron chi connectivity index (χ2n) is 8.51. The maximum Gasteiger partial charge on any atom is 0.237 e. The van der Waals surface area contributed by atoms with Gasteiger partial charge in [-0.2, -0.15) is 4.31 Å². The Morgan fingerprint density at radius 1 is 1.00 bits per heavy atom. The number of piperazine rings is 1. The van der Waals surface area contributed by atoms with Gasteiger partial charge >= 0.3 is 0 Å². The number of nitrogens with zero attached hydrogens (tertiary/aromatic N) is 3. The van der Waals surface area contributed by atoms with Gasteiger partial charge < -0.3 is 4.90 Å². The van der Waals surface area contributed by atoms with Crippen molar-refractivity contribution in [2.24, 2.45) is 0 Å². The van der Waals surface area contributed by atoms with Crippen molar-refractivity contribution in [2.75, 3.05) is 44.2 Å². The monoisotopic (exact) mass is 455 g/mol. The van der Waals surface area contributed by atoms with Gasteiger partial charge in [-0.1, -0.05) is 30.3 Å². The molecule has 3 aliphatic rings. The van der Waals surface area contributed by atoms with E-state index in [1.165, 1.54) is 4.31 Å². The summed E-state index contributed by atoms with van der Waals surface area (Å²) in [7, 11) is -6.43. The lowest BCUT2D eigenvalue weighted by atomic mass is 10.2. The van der Waals surface area contributed by atoms with Crippen molar-refractivity contribution in [3.8, 4) is 0 Å². The quantitative estimate of drug-likeness (QED) is 0.587. The number of sulfonamides is 1. The summed E-state index contributed by atoms with van der Waals surface area (Å²) in [6.45, 7) is 1.95. The highest BCUT2D eigenvalue weighted by Crippen LogP contribution is 2.32. The molecule has 30 heavy (non-hydrogen) atoms.